The van der Waals surface area contributed by atoms with Crippen molar-refractivity contribution in [3.8, 4) is 11.4 Å². The predicted molar refractivity (Wildman–Crippen MR) is 108 cm³/mol. The molecule has 0 aliphatic heterocycles. The van der Waals surface area contributed by atoms with Gasteiger partial charge in [0.15, 0.2) is 6.61 Å². The lowest BCUT2D eigenvalue weighted by Gasteiger charge is -2.09. The SMILES string of the molecule is CC(C)NS(=O)(=O)c1ccc(C(=O)OCc2nc(-c3cccc(Br)c3)no2)cc1. The van der Waals surface area contributed by atoms with Crippen LogP contribution in [0.15, 0.2) is 62.4 Å². The number of rotatable bonds is 7. The maximum atomic E-state index is 12.2. The Morgan fingerprint density at radius 1 is 1.21 bits per heavy atom. The molecule has 3 rings (SSSR count). The van der Waals surface area contributed by atoms with Gasteiger partial charge in [-0.3, -0.25) is 0 Å². The van der Waals surface area contributed by atoms with Crippen LogP contribution in [-0.4, -0.2) is 30.6 Å². The molecular weight excluding hydrogens is 462 g/mol. The summed E-state index contributed by atoms with van der Waals surface area (Å²) in [6.45, 7) is 3.25. The second kappa shape index (κ2) is 8.85. The first-order valence-electron chi connectivity index (χ1n) is 8.62. The van der Waals surface area contributed by atoms with Gasteiger partial charge in [-0.05, 0) is 50.2 Å². The molecule has 0 spiro atoms. The summed E-state index contributed by atoms with van der Waals surface area (Å²) in [5.74, 6) is -0.105. The molecule has 0 aliphatic carbocycles. The van der Waals surface area contributed by atoms with Gasteiger partial charge in [-0.15, -0.1) is 0 Å². The Balaban J connectivity index is 1.63. The quantitative estimate of drug-likeness (QED) is 0.515. The van der Waals surface area contributed by atoms with E-state index in [1.54, 1.807) is 13.8 Å². The Morgan fingerprint density at radius 3 is 2.59 bits per heavy atom. The maximum absolute atomic E-state index is 12.2. The molecule has 0 atom stereocenters. The van der Waals surface area contributed by atoms with Crippen LogP contribution in [0.3, 0.4) is 0 Å². The van der Waals surface area contributed by atoms with Crippen LogP contribution in [-0.2, 0) is 21.4 Å². The molecule has 0 saturated heterocycles. The Hall–Kier alpha value is -2.56. The summed E-state index contributed by atoms with van der Waals surface area (Å²) in [6, 6.07) is 12.6. The lowest BCUT2D eigenvalue weighted by atomic mass is 10.2. The summed E-state index contributed by atoms with van der Waals surface area (Å²) in [4.78, 5) is 16.5. The zero-order chi connectivity index (χ0) is 21.0. The third kappa shape index (κ3) is 5.49. The van der Waals surface area contributed by atoms with E-state index in [0.717, 1.165) is 10.0 Å². The van der Waals surface area contributed by atoms with E-state index < -0.39 is 16.0 Å². The molecule has 1 aromatic heterocycles. The highest BCUT2D eigenvalue weighted by molar-refractivity contribution is 9.10. The van der Waals surface area contributed by atoms with Crippen LogP contribution >= 0.6 is 15.9 Å². The number of hydrogen-bond donors (Lipinski definition) is 1. The van der Waals surface area contributed by atoms with Crippen LogP contribution < -0.4 is 4.72 Å². The van der Waals surface area contributed by atoms with Gasteiger partial charge in [0.25, 0.3) is 5.89 Å². The third-order valence-electron chi connectivity index (χ3n) is 3.67. The van der Waals surface area contributed by atoms with E-state index >= 15 is 0 Å². The van der Waals surface area contributed by atoms with Crippen molar-refractivity contribution in [3.63, 3.8) is 0 Å². The van der Waals surface area contributed by atoms with E-state index in [1.807, 2.05) is 24.3 Å². The second-order valence-electron chi connectivity index (χ2n) is 6.40. The first-order valence-corrected chi connectivity index (χ1v) is 10.9. The third-order valence-corrected chi connectivity index (χ3v) is 5.84. The molecule has 2 aromatic carbocycles. The Kier molecular flexibility index (Phi) is 6.46. The number of hydrogen-bond acceptors (Lipinski definition) is 7. The molecule has 0 aliphatic rings. The van der Waals surface area contributed by atoms with Crippen molar-refractivity contribution >= 4 is 31.9 Å². The van der Waals surface area contributed by atoms with Gasteiger partial charge >= 0.3 is 5.97 Å². The summed E-state index contributed by atoms with van der Waals surface area (Å²) >= 11 is 3.37. The predicted octanol–water partition coefficient (Wildman–Crippen LogP) is 3.54. The molecule has 0 bridgehead atoms. The van der Waals surface area contributed by atoms with Crippen LogP contribution in [0.4, 0.5) is 0 Å². The summed E-state index contributed by atoms with van der Waals surface area (Å²) < 4.78 is 37.9. The molecule has 0 amide bonds. The lowest BCUT2D eigenvalue weighted by Crippen LogP contribution is -2.30. The minimum atomic E-state index is -3.62. The number of ether oxygens (including phenoxy) is 1. The van der Waals surface area contributed by atoms with Crippen molar-refractivity contribution in [2.75, 3.05) is 0 Å². The molecular formula is C19H18BrN3O5S. The fourth-order valence-corrected chi connectivity index (χ4v) is 4.07. The summed E-state index contributed by atoms with van der Waals surface area (Å²) in [5.41, 5.74) is 0.965. The highest BCUT2D eigenvalue weighted by Gasteiger charge is 2.17. The average molecular weight is 480 g/mol. The van der Waals surface area contributed by atoms with Crippen LogP contribution in [0, 0.1) is 0 Å². The number of esters is 1. The molecule has 0 fully saturated rings. The monoisotopic (exact) mass is 479 g/mol. The van der Waals surface area contributed by atoms with E-state index in [9.17, 15) is 13.2 Å². The van der Waals surface area contributed by atoms with Gasteiger partial charge in [0, 0.05) is 16.1 Å². The largest absolute Gasteiger partial charge is 0.452 e. The van der Waals surface area contributed by atoms with Crippen molar-refractivity contribution in [3.05, 3.63) is 64.5 Å². The zero-order valence-corrected chi connectivity index (χ0v) is 18.0. The first-order chi connectivity index (χ1) is 13.7. The number of benzene rings is 2. The van der Waals surface area contributed by atoms with E-state index in [-0.39, 0.29) is 29.0 Å². The molecule has 0 radical (unpaired) electrons. The van der Waals surface area contributed by atoms with Crippen LogP contribution in [0.25, 0.3) is 11.4 Å². The average Bonchev–Trinajstić information content (AvgIpc) is 3.14. The van der Waals surface area contributed by atoms with Crippen LogP contribution in [0.1, 0.15) is 30.1 Å². The highest BCUT2D eigenvalue weighted by atomic mass is 79.9. The molecule has 0 saturated carbocycles. The molecule has 0 unspecified atom stereocenters. The first kappa shape index (κ1) is 21.2. The molecule has 1 N–H and O–H groups in total. The number of carbonyl (C=O) groups is 1. The Bertz CT molecular complexity index is 1110. The molecule has 152 valence electrons. The normalized spacial score (nSPS) is 11.6. The summed E-state index contributed by atoms with van der Waals surface area (Å²) in [6.07, 6.45) is 0. The van der Waals surface area contributed by atoms with E-state index in [4.69, 9.17) is 9.26 Å². The number of nitrogens with one attached hydrogen (secondary N) is 1. The molecule has 8 nitrogen and oxygen atoms in total. The number of carbonyl (C=O) groups excluding carboxylic acids is 1. The maximum Gasteiger partial charge on any atom is 0.338 e. The van der Waals surface area contributed by atoms with Gasteiger partial charge in [0.2, 0.25) is 15.8 Å². The minimum Gasteiger partial charge on any atom is -0.452 e. The molecule has 10 heteroatoms. The van der Waals surface area contributed by atoms with Gasteiger partial charge in [0.05, 0.1) is 10.5 Å². The van der Waals surface area contributed by atoms with Gasteiger partial charge in [-0.1, -0.05) is 33.2 Å². The fourth-order valence-electron chi connectivity index (χ4n) is 2.42. The highest BCUT2D eigenvalue weighted by Crippen LogP contribution is 2.20. The van der Waals surface area contributed by atoms with Gasteiger partial charge in [0.1, 0.15) is 0 Å². The van der Waals surface area contributed by atoms with Crippen molar-refractivity contribution < 1.29 is 22.5 Å². The van der Waals surface area contributed by atoms with Crippen molar-refractivity contribution in [1.29, 1.82) is 0 Å². The van der Waals surface area contributed by atoms with Crippen molar-refractivity contribution in [2.24, 2.45) is 0 Å². The smallest absolute Gasteiger partial charge is 0.338 e. The minimum absolute atomic E-state index is 0.0679. The number of nitrogens with zero attached hydrogens (tertiary/aromatic N) is 2. The molecule has 29 heavy (non-hydrogen) atoms. The van der Waals surface area contributed by atoms with Crippen molar-refractivity contribution in [1.82, 2.24) is 14.9 Å². The number of aromatic nitrogens is 2. The number of sulfonamides is 1. The van der Waals surface area contributed by atoms with Crippen LogP contribution in [0.5, 0.6) is 0 Å². The van der Waals surface area contributed by atoms with Crippen LogP contribution in [0.2, 0.25) is 0 Å². The zero-order valence-electron chi connectivity index (χ0n) is 15.6. The standard InChI is InChI=1S/C19H18BrN3O5S/c1-12(2)23-29(25,26)16-8-6-13(7-9-16)19(24)27-11-17-21-18(22-28-17)14-4-3-5-15(20)10-14/h3-10,12,23H,11H2,1-2H3. The van der Waals surface area contributed by atoms with Crippen molar-refractivity contribution in [2.45, 2.75) is 31.4 Å². The van der Waals surface area contributed by atoms with Gasteiger partial charge in [-0.25, -0.2) is 17.9 Å². The summed E-state index contributed by atoms with van der Waals surface area (Å²) in [5, 5.41) is 3.87. The summed E-state index contributed by atoms with van der Waals surface area (Å²) in [7, 11) is -3.62. The Morgan fingerprint density at radius 2 is 1.93 bits per heavy atom. The van der Waals surface area contributed by atoms with E-state index in [1.165, 1.54) is 24.3 Å². The van der Waals surface area contributed by atoms with Gasteiger partial charge in [-0.2, -0.15) is 4.98 Å². The fraction of sp³-hybridized carbons (Fsp3) is 0.211. The second-order valence-corrected chi connectivity index (χ2v) is 9.03. The Labute approximate surface area is 176 Å². The topological polar surface area (TPSA) is 111 Å². The van der Waals surface area contributed by atoms with E-state index in [2.05, 4.69) is 30.8 Å². The van der Waals surface area contributed by atoms with Gasteiger partial charge < -0.3 is 9.26 Å². The number of halogens is 1. The molecule has 3 aromatic rings. The van der Waals surface area contributed by atoms with E-state index in [0.29, 0.717) is 5.82 Å². The molecule has 1 heterocycles. The lowest BCUT2D eigenvalue weighted by molar-refractivity contribution is 0.0429.